The van der Waals surface area contributed by atoms with E-state index in [4.69, 9.17) is 14.2 Å². The maximum atomic E-state index is 9.54. The van der Waals surface area contributed by atoms with Gasteiger partial charge < -0.3 is 14.2 Å². The first-order valence-electron chi connectivity index (χ1n) is 7.68. The maximum absolute atomic E-state index is 9.54. The van der Waals surface area contributed by atoms with Crippen LogP contribution in [0.2, 0.25) is 0 Å². The number of allylic oxidation sites excluding steroid dienone is 1. The van der Waals surface area contributed by atoms with E-state index in [0.29, 0.717) is 22.8 Å². The monoisotopic (exact) mass is 323 g/mol. The molecule has 0 saturated carbocycles. The first-order valence-corrected chi connectivity index (χ1v) is 7.68. The number of ether oxygens (including phenoxy) is 3. The van der Waals surface area contributed by atoms with Crippen molar-refractivity contribution in [3.05, 3.63) is 53.1 Å². The molecule has 0 aliphatic rings. The third-order valence-electron chi connectivity index (χ3n) is 3.83. The molecule has 4 heteroatoms. The van der Waals surface area contributed by atoms with E-state index >= 15 is 0 Å². The van der Waals surface area contributed by atoms with Crippen LogP contribution in [0.15, 0.2) is 36.4 Å². The second-order valence-corrected chi connectivity index (χ2v) is 5.14. The van der Waals surface area contributed by atoms with Gasteiger partial charge in [0.2, 0.25) is 5.75 Å². The molecule has 0 bridgehead atoms. The van der Waals surface area contributed by atoms with Crippen LogP contribution in [0.3, 0.4) is 0 Å². The van der Waals surface area contributed by atoms with E-state index in [1.165, 1.54) is 5.56 Å². The summed E-state index contributed by atoms with van der Waals surface area (Å²) in [5.74, 6) is 1.62. The minimum absolute atomic E-state index is 0.507. The van der Waals surface area contributed by atoms with Crippen LogP contribution in [0.1, 0.15) is 23.6 Å². The summed E-state index contributed by atoms with van der Waals surface area (Å²) in [5, 5.41) is 9.54. The highest BCUT2D eigenvalue weighted by Crippen LogP contribution is 2.41. The molecule has 4 nitrogen and oxygen atoms in total. The molecule has 0 aromatic heterocycles. The molecule has 0 radical (unpaired) electrons. The zero-order chi connectivity index (χ0) is 17.5. The van der Waals surface area contributed by atoms with E-state index in [1.807, 2.05) is 30.3 Å². The molecule has 0 heterocycles. The lowest BCUT2D eigenvalue weighted by Crippen LogP contribution is -1.97. The Morgan fingerprint density at radius 3 is 2.12 bits per heavy atom. The van der Waals surface area contributed by atoms with Gasteiger partial charge in [0.15, 0.2) is 11.5 Å². The third-order valence-corrected chi connectivity index (χ3v) is 3.83. The average molecular weight is 323 g/mol. The molecule has 2 aromatic carbocycles. The molecule has 0 saturated heterocycles. The molecule has 0 fully saturated rings. The lowest BCUT2D eigenvalue weighted by molar-refractivity contribution is 0.324. The fourth-order valence-corrected chi connectivity index (χ4v) is 2.49. The molecule has 0 amide bonds. The van der Waals surface area contributed by atoms with Gasteiger partial charge in [-0.15, -0.1) is 0 Å². The molecule has 0 N–H and O–H groups in total. The molecule has 0 spiro atoms. The number of methoxy groups -OCH3 is 3. The number of aryl methyl sites for hydroxylation is 1. The fourth-order valence-electron chi connectivity index (χ4n) is 2.49. The zero-order valence-electron chi connectivity index (χ0n) is 14.4. The number of hydrogen-bond acceptors (Lipinski definition) is 4. The Morgan fingerprint density at radius 1 is 0.958 bits per heavy atom. The topological polar surface area (TPSA) is 51.5 Å². The second-order valence-electron chi connectivity index (χ2n) is 5.14. The lowest BCUT2D eigenvalue weighted by Gasteiger charge is -2.14. The summed E-state index contributed by atoms with van der Waals surface area (Å²) in [6, 6.07) is 13.9. The molecule has 0 aliphatic carbocycles. The number of benzene rings is 2. The van der Waals surface area contributed by atoms with Gasteiger partial charge in [0.1, 0.15) is 0 Å². The first kappa shape index (κ1) is 17.4. The normalized spacial score (nSPS) is 10.9. The first-order chi connectivity index (χ1) is 11.7. The van der Waals surface area contributed by atoms with Crippen molar-refractivity contribution in [1.82, 2.24) is 0 Å². The summed E-state index contributed by atoms with van der Waals surface area (Å²) < 4.78 is 16.1. The number of nitriles is 1. The number of hydrogen-bond donors (Lipinski definition) is 0. The van der Waals surface area contributed by atoms with Crippen molar-refractivity contribution < 1.29 is 14.2 Å². The zero-order valence-corrected chi connectivity index (χ0v) is 14.4. The molecule has 2 rings (SSSR count). The van der Waals surface area contributed by atoms with Gasteiger partial charge in [0, 0.05) is 5.56 Å². The standard InChI is InChI=1S/C20H21NO3/c1-5-14-6-8-15(9-7-14)17(13-21)12-16-10-11-18(22-2)20(24-4)19(16)23-3/h6-12H,5H2,1-4H3/b17-12+. The largest absolute Gasteiger partial charge is 0.493 e. The van der Waals surface area contributed by atoms with Gasteiger partial charge >= 0.3 is 0 Å². The third kappa shape index (κ3) is 3.52. The van der Waals surface area contributed by atoms with Crippen molar-refractivity contribution in [2.45, 2.75) is 13.3 Å². The van der Waals surface area contributed by atoms with E-state index in [9.17, 15) is 5.26 Å². The summed E-state index contributed by atoms with van der Waals surface area (Å²) in [6.07, 6.45) is 2.76. The Labute approximate surface area is 142 Å². The van der Waals surface area contributed by atoms with Crippen molar-refractivity contribution in [1.29, 1.82) is 5.26 Å². The summed E-state index contributed by atoms with van der Waals surface area (Å²) in [5.41, 5.74) is 3.42. The predicted octanol–water partition coefficient (Wildman–Crippen LogP) is 4.34. The Morgan fingerprint density at radius 2 is 1.62 bits per heavy atom. The van der Waals surface area contributed by atoms with Crippen molar-refractivity contribution in [3.63, 3.8) is 0 Å². The van der Waals surface area contributed by atoms with Crippen LogP contribution >= 0.6 is 0 Å². The minimum Gasteiger partial charge on any atom is -0.493 e. The molecular formula is C20H21NO3. The molecule has 124 valence electrons. The Kier molecular flexibility index (Phi) is 5.86. The van der Waals surface area contributed by atoms with E-state index in [0.717, 1.165) is 17.5 Å². The van der Waals surface area contributed by atoms with Gasteiger partial charge in [-0.2, -0.15) is 5.26 Å². The van der Waals surface area contributed by atoms with Crippen LogP contribution < -0.4 is 14.2 Å². The van der Waals surface area contributed by atoms with Crippen LogP contribution in [-0.4, -0.2) is 21.3 Å². The van der Waals surface area contributed by atoms with Gasteiger partial charge in [0.05, 0.1) is 33.0 Å². The fraction of sp³-hybridized carbons (Fsp3) is 0.250. The minimum atomic E-state index is 0.507. The van der Waals surface area contributed by atoms with Crippen LogP contribution in [0.25, 0.3) is 11.6 Å². The van der Waals surface area contributed by atoms with Gasteiger partial charge in [0.25, 0.3) is 0 Å². The van der Waals surface area contributed by atoms with Crippen LogP contribution in [0.5, 0.6) is 17.2 Å². The van der Waals surface area contributed by atoms with E-state index in [2.05, 4.69) is 13.0 Å². The summed E-state index contributed by atoms with van der Waals surface area (Å²) in [7, 11) is 4.70. The molecular weight excluding hydrogens is 302 g/mol. The predicted molar refractivity (Wildman–Crippen MR) is 95.4 cm³/mol. The highest BCUT2D eigenvalue weighted by Gasteiger charge is 2.15. The van der Waals surface area contributed by atoms with Gasteiger partial charge in [-0.05, 0) is 35.8 Å². The molecule has 2 aromatic rings. The Hall–Kier alpha value is -2.93. The van der Waals surface area contributed by atoms with Crippen LogP contribution in [-0.2, 0) is 6.42 Å². The van der Waals surface area contributed by atoms with E-state index < -0.39 is 0 Å². The maximum Gasteiger partial charge on any atom is 0.203 e. The number of nitrogens with zero attached hydrogens (tertiary/aromatic N) is 1. The molecule has 0 atom stereocenters. The Balaban J connectivity index is 2.52. The summed E-state index contributed by atoms with van der Waals surface area (Å²) in [4.78, 5) is 0. The summed E-state index contributed by atoms with van der Waals surface area (Å²) >= 11 is 0. The van der Waals surface area contributed by atoms with Crippen LogP contribution in [0, 0.1) is 11.3 Å². The Bertz CT molecular complexity index is 771. The van der Waals surface area contributed by atoms with Gasteiger partial charge in [-0.25, -0.2) is 0 Å². The van der Waals surface area contributed by atoms with Gasteiger partial charge in [-0.3, -0.25) is 0 Å². The highest BCUT2D eigenvalue weighted by atomic mass is 16.5. The quantitative estimate of drug-likeness (QED) is 0.586. The average Bonchev–Trinajstić information content (AvgIpc) is 2.65. The molecule has 0 aliphatic heterocycles. The van der Waals surface area contributed by atoms with Crippen molar-refractivity contribution >= 4 is 11.6 Å². The van der Waals surface area contributed by atoms with Crippen molar-refractivity contribution in [2.24, 2.45) is 0 Å². The van der Waals surface area contributed by atoms with E-state index in [1.54, 1.807) is 33.5 Å². The second kappa shape index (κ2) is 8.07. The summed E-state index contributed by atoms with van der Waals surface area (Å²) in [6.45, 7) is 2.10. The highest BCUT2D eigenvalue weighted by molar-refractivity contribution is 5.91. The lowest BCUT2D eigenvalue weighted by atomic mass is 10.0. The smallest absolute Gasteiger partial charge is 0.203 e. The van der Waals surface area contributed by atoms with Crippen molar-refractivity contribution in [2.75, 3.05) is 21.3 Å². The SMILES string of the molecule is CCc1ccc(/C(C#N)=C/c2ccc(OC)c(OC)c2OC)cc1. The number of rotatable bonds is 6. The molecule has 0 unspecified atom stereocenters. The van der Waals surface area contributed by atoms with Crippen LogP contribution in [0.4, 0.5) is 0 Å². The van der Waals surface area contributed by atoms with Gasteiger partial charge in [-0.1, -0.05) is 31.2 Å². The van der Waals surface area contributed by atoms with E-state index in [-0.39, 0.29) is 0 Å². The molecule has 24 heavy (non-hydrogen) atoms. The van der Waals surface area contributed by atoms with Crippen molar-refractivity contribution in [3.8, 4) is 23.3 Å².